The topological polar surface area (TPSA) is 84.2 Å². The number of hydrogen-bond acceptors (Lipinski definition) is 3. The molecule has 0 radical (unpaired) electrons. The second-order valence-electron chi connectivity index (χ2n) is 5.15. The van der Waals surface area contributed by atoms with Gasteiger partial charge in [0, 0.05) is 19.3 Å². The van der Waals surface area contributed by atoms with Crippen LogP contribution < -0.4 is 5.32 Å². The second-order valence-corrected chi connectivity index (χ2v) is 5.15. The van der Waals surface area contributed by atoms with Gasteiger partial charge in [-0.15, -0.1) is 0 Å². The summed E-state index contributed by atoms with van der Waals surface area (Å²) in [7, 11) is 1.78. The molecule has 0 spiro atoms. The SMILES string of the molecule is Cn1nccc1/C=C/C(=O)NC1(C(=O)O)CCCCC1. The molecule has 6 heteroatoms. The lowest BCUT2D eigenvalue weighted by molar-refractivity contribution is -0.148. The number of aromatic nitrogens is 2. The monoisotopic (exact) mass is 277 g/mol. The van der Waals surface area contributed by atoms with Crippen LogP contribution in [0.15, 0.2) is 18.3 Å². The molecular weight excluding hydrogens is 258 g/mol. The van der Waals surface area contributed by atoms with Gasteiger partial charge in [0.2, 0.25) is 5.91 Å². The van der Waals surface area contributed by atoms with Crippen molar-refractivity contribution in [3.63, 3.8) is 0 Å². The summed E-state index contributed by atoms with van der Waals surface area (Å²) in [5, 5.41) is 16.0. The molecule has 0 saturated heterocycles. The van der Waals surface area contributed by atoms with Crippen LogP contribution in [-0.2, 0) is 16.6 Å². The predicted molar refractivity (Wildman–Crippen MR) is 73.8 cm³/mol. The van der Waals surface area contributed by atoms with Crippen molar-refractivity contribution in [2.75, 3.05) is 0 Å². The summed E-state index contributed by atoms with van der Waals surface area (Å²) in [6.45, 7) is 0. The summed E-state index contributed by atoms with van der Waals surface area (Å²) in [5.74, 6) is -1.32. The Morgan fingerprint density at radius 1 is 1.40 bits per heavy atom. The Labute approximate surface area is 117 Å². The molecule has 1 aliphatic carbocycles. The van der Waals surface area contributed by atoms with Crippen LogP contribution in [0.4, 0.5) is 0 Å². The maximum atomic E-state index is 11.9. The smallest absolute Gasteiger partial charge is 0.329 e. The van der Waals surface area contributed by atoms with Crippen LogP contribution in [0.2, 0.25) is 0 Å². The maximum absolute atomic E-state index is 11.9. The number of hydrogen-bond donors (Lipinski definition) is 2. The molecule has 2 rings (SSSR count). The zero-order valence-electron chi connectivity index (χ0n) is 11.5. The average Bonchev–Trinajstić information content (AvgIpc) is 2.83. The number of nitrogens with one attached hydrogen (secondary N) is 1. The molecule has 0 unspecified atom stereocenters. The van der Waals surface area contributed by atoms with Gasteiger partial charge in [-0.25, -0.2) is 4.79 Å². The molecule has 1 fully saturated rings. The molecule has 1 aromatic heterocycles. The highest BCUT2D eigenvalue weighted by Crippen LogP contribution is 2.28. The fourth-order valence-electron chi connectivity index (χ4n) is 2.53. The number of carboxylic acids is 1. The predicted octanol–water partition coefficient (Wildman–Crippen LogP) is 1.34. The van der Waals surface area contributed by atoms with E-state index in [0.717, 1.165) is 25.0 Å². The van der Waals surface area contributed by atoms with Gasteiger partial charge >= 0.3 is 5.97 Å². The van der Waals surface area contributed by atoms with Gasteiger partial charge in [-0.05, 0) is 25.0 Å². The number of rotatable bonds is 4. The zero-order valence-corrected chi connectivity index (χ0v) is 11.5. The van der Waals surface area contributed by atoms with E-state index in [-0.39, 0.29) is 5.91 Å². The van der Waals surface area contributed by atoms with E-state index in [1.54, 1.807) is 30.1 Å². The van der Waals surface area contributed by atoms with Gasteiger partial charge in [0.25, 0.3) is 0 Å². The van der Waals surface area contributed by atoms with Gasteiger partial charge in [-0.1, -0.05) is 19.3 Å². The van der Waals surface area contributed by atoms with Gasteiger partial charge < -0.3 is 10.4 Å². The molecule has 6 nitrogen and oxygen atoms in total. The maximum Gasteiger partial charge on any atom is 0.329 e. The third-order valence-corrected chi connectivity index (χ3v) is 3.74. The number of amides is 1. The summed E-state index contributed by atoms with van der Waals surface area (Å²) in [4.78, 5) is 23.4. The second kappa shape index (κ2) is 5.90. The molecule has 1 aromatic rings. The zero-order chi connectivity index (χ0) is 14.6. The van der Waals surface area contributed by atoms with Crippen LogP contribution in [0, 0.1) is 0 Å². The minimum Gasteiger partial charge on any atom is -0.480 e. The molecule has 0 bridgehead atoms. The Hall–Kier alpha value is -2.11. The number of nitrogens with zero attached hydrogens (tertiary/aromatic N) is 2. The highest BCUT2D eigenvalue weighted by atomic mass is 16.4. The Kier molecular flexibility index (Phi) is 4.22. The van der Waals surface area contributed by atoms with Crippen molar-refractivity contribution in [2.24, 2.45) is 7.05 Å². The first kappa shape index (κ1) is 14.3. The lowest BCUT2D eigenvalue weighted by Crippen LogP contribution is -2.55. The summed E-state index contributed by atoms with van der Waals surface area (Å²) >= 11 is 0. The largest absolute Gasteiger partial charge is 0.480 e. The van der Waals surface area contributed by atoms with E-state index < -0.39 is 11.5 Å². The van der Waals surface area contributed by atoms with Gasteiger partial charge in [-0.2, -0.15) is 5.10 Å². The van der Waals surface area contributed by atoms with E-state index >= 15 is 0 Å². The van der Waals surface area contributed by atoms with E-state index in [4.69, 9.17) is 0 Å². The standard InChI is InChI=1S/C14H19N3O3/c1-17-11(7-10-15-17)5-6-12(18)16-14(13(19)20)8-3-2-4-9-14/h5-7,10H,2-4,8-9H2,1H3,(H,16,18)(H,19,20)/b6-5+. The first-order valence-corrected chi connectivity index (χ1v) is 6.75. The molecule has 2 N–H and O–H groups in total. The lowest BCUT2D eigenvalue weighted by atomic mass is 9.81. The van der Waals surface area contributed by atoms with E-state index in [1.165, 1.54) is 6.08 Å². The van der Waals surface area contributed by atoms with Gasteiger partial charge in [0.1, 0.15) is 5.54 Å². The Morgan fingerprint density at radius 2 is 2.10 bits per heavy atom. The number of carboxylic acid groups (broad SMARTS) is 1. The van der Waals surface area contributed by atoms with Crippen molar-refractivity contribution in [2.45, 2.75) is 37.6 Å². The fraction of sp³-hybridized carbons (Fsp3) is 0.500. The average molecular weight is 277 g/mol. The van der Waals surface area contributed by atoms with Crippen molar-refractivity contribution in [1.29, 1.82) is 0 Å². The fourth-order valence-corrected chi connectivity index (χ4v) is 2.53. The third-order valence-electron chi connectivity index (χ3n) is 3.74. The molecule has 0 aromatic carbocycles. The van der Waals surface area contributed by atoms with Crippen LogP contribution in [-0.4, -0.2) is 32.3 Å². The van der Waals surface area contributed by atoms with E-state index in [9.17, 15) is 14.7 Å². The van der Waals surface area contributed by atoms with Crippen molar-refractivity contribution in [1.82, 2.24) is 15.1 Å². The van der Waals surface area contributed by atoms with Crippen LogP contribution in [0.3, 0.4) is 0 Å². The van der Waals surface area contributed by atoms with Crippen molar-refractivity contribution in [3.8, 4) is 0 Å². The Balaban J connectivity index is 2.04. The molecule has 108 valence electrons. The molecule has 20 heavy (non-hydrogen) atoms. The van der Waals surface area contributed by atoms with Crippen LogP contribution in [0.5, 0.6) is 0 Å². The summed E-state index contributed by atoms with van der Waals surface area (Å²) in [5.41, 5.74) is -0.320. The van der Waals surface area contributed by atoms with E-state index in [0.29, 0.717) is 12.8 Å². The number of carbonyl (C=O) groups is 2. The molecule has 0 atom stereocenters. The molecule has 1 amide bonds. The van der Waals surface area contributed by atoms with Crippen LogP contribution >= 0.6 is 0 Å². The summed E-state index contributed by atoms with van der Waals surface area (Å²) < 4.78 is 1.64. The first-order chi connectivity index (χ1) is 9.53. The lowest BCUT2D eigenvalue weighted by Gasteiger charge is -2.33. The minimum absolute atomic E-state index is 0.379. The van der Waals surface area contributed by atoms with Gasteiger partial charge in [-0.3, -0.25) is 9.48 Å². The van der Waals surface area contributed by atoms with E-state index in [2.05, 4.69) is 10.4 Å². The number of aliphatic carboxylic acids is 1. The molecule has 0 aliphatic heterocycles. The third kappa shape index (κ3) is 3.07. The van der Waals surface area contributed by atoms with Crippen LogP contribution in [0.1, 0.15) is 37.8 Å². The molecular formula is C14H19N3O3. The van der Waals surface area contributed by atoms with E-state index in [1.807, 2.05) is 0 Å². The Bertz CT molecular complexity index is 528. The first-order valence-electron chi connectivity index (χ1n) is 6.75. The minimum atomic E-state index is -1.11. The normalized spacial score (nSPS) is 18.1. The van der Waals surface area contributed by atoms with Crippen LogP contribution in [0.25, 0.3) is 6.08 Å². The van der Waals surface area contributed by atoms with Crippen molar-refractivity contribution in [3.05, 3.63) is 24.0 Å². The summed E-state index contributed by atoms with van der Waals surface area (Å²) in [6.07, 6.45) is 8.29. The van der Waals surface area contributed by atoms with Crippen molar-refractivity contribution < 1.29 is 14.7 Å². The molecule has 1 aliphatic rings. The molecule has 1 heterocycles. The number of aryl methyl sites for hydroxylation is 1. The Morgan fingerprint density at radius 3 is 2.65 bits per heavy atom. The van der Waals surface area contributed by atoms with Gasteiger partial charge in [0.05, 0.1) is 5.69 Å². The van der Waals surface area contributed by atoms with Gasteiger partial charge in [0.15, 0.2) is 0 Å². The number of carbonyl (C=O) groups excluding carboxylic acids is 1. The quantitative estimate of drug-likeness (QED) is 0.813. The van der Waals surface area contributed by atoms with Crippen molar-refractivity contribution >= 4 is 18.0 Å². The highest BCUT2D eigenvalue weighted by Gasteiger charge is 2.40. The highest BCUT2D eigenvalue weighted by molar-refractivity contribution is 5.95. The molecule has 1 saturated carbocycles. The summed E-state index contributed by atoms with van der Waals surface area (Å²) in [6, 6.07) is 1.78.